The maximum absolute atomic E-state index is 13.2. The lowest BCUT2D eigenvalue weighted by Crippen LogP contribution is -2.60. The number of aromatic amines is 1. The van der Waals surface area contributed by atoms with E-state index in [-0.39, 0.29) is 44.1 Å². The number of guanidine groups is 1. The van der Waals surface area contributed by atoms with Crippen LogP contribution in [0.15, 0.2) is 35.5 Å². The number of fused-ring (bicyclic) bond motifs is 1. The molecule has 12 N–H and O–H groups in total. The van der Waals surface area contributed by atoms with E-state index in [0.717, 1.165) is 16.5 Å². The molecule has 41 heavy (non-hydrogen) atoms. The van der Waals surface area contributed by atoms with Crippen molar-refractivity contribution < 1.29 is 29.4 Å². The van der Waals surface area contributed by atoms with Gasteiger partial charge in [-0.05, 0) is 50.2 Å². The minimum atomic E-state index is -1.48. The summed E-state index contributed by atoms with van der Waals surface area (Å²) in [5.41, 5.74) is 18.5. The summed E-state index contributed by atoms with van der Waals surface area (Å²) < 4.78 is 0. The number of nitrogens with one attached hydrogen (secondary N) is 4. The Morgan fingerprint density at radius 1 is 0.976 bits per heavy atom. The number of aromatic nitrogens is 1. The Hall–Kier alpha value is -4.17. The first-order valence-electron chi connectivity index (χ1n) is 13.5. The van der Waals surface area contributed by atoms with Gasteiger partial charge in [0.05, 0.1) is 12.1 Å². The van der Waals surface area contributed by atoms with Gasteiger partial charge >= 0.3 is 5.97 Å². The lowest BCUT2D eigenvalue weighted by Gasteiger charge is -2.27. The predicted molar refractivity (Wildman–Crippen MR) is 154 cm³/mol. The summed E-state index contributed by atoms with van der Waals surface area (Å²) in [6, 6.07) is 2.81. The second-order valence-electron chi connectivity index (χ2n) is 10.4. The fourth-order valence-electron chi connectivity index (χ4n) is 4.29. The molecule has 1 aromatic carbocycles. The van der Waals surface area contributed by atoms with Crippen molar-refractivity contribution in [3.05, 3.63) is 36.0 Å². The number of nitrogens with zero attached hydrogens (tertiary/aromatic N) is 1. The predicted octanol–water partition coefficient (Wildman–Crippen LogP) is -0.943. The molecule has 3 amide bonds. The Bertz CT molecular complexity index is 1220. The topological polar surface area (TPSA) is 251 Å². The molecule has 0 saturated heterocycles. The number of carbonyl (C=O) groups excluding carboxylic acids is 3. The van der Waals surface area contributed by atoms with Crippen molar-refractivity contribution in [2.24, 2.45) is 28.1 Å². The van der Waals surface area contributed by atoms with Crippen LogP contribution in [-0.4, -0.2) is 81.7 Å². The standard InChI is InChI=1S/C27H42N8O6/c1-14(2)11-21(34-23(37)18(28)12-16-13-32-19-8-5-4-7-17(16)19)24(38)35-22(15(3)36)25(39)33-20(26(40)41)9-6-10-31-27(29)30/h4-5,7-8,13-15,18,20-22,32,36H,6,9-12,28H2,1-3H3,(H,33,39)(H,34,37)(H,35,38)(H,40,41)(H4,29,30,31). The van der Waals surface area contributed by atoms with Gasteiger partial charge in [-0.15, -0.1) is 0 Å². The Morgan fingerprint density at radius 2 is 1.63 bits per heavy atom. The lowest BCUT2D eigenvalue weighted by molar-refractivity contribution is -0.143. The number of hydrogen-bond acceptors (Lipinski definition) is 7. The number of aliphatic imine (C=N–C) groups is 1. The summed E-state index contributed by atoms with van der Waals surface area (Å²) in [5, 5.41) is 28.1. The number of para-hydroxylation sites is 1. The molecular formula is C27H42N8O6. The van der Waals surface area contributed by atoms with Gasteiger partial charge in [-0.2, -0.15) is 0 Å². The summed E-state index contributed by atoms with van der Waals surface area (Å²) in [6.07, 6.45) is 1.15. The van der Waals surface area contributed by atoms with E-state index in [1.165, 1.54) is 6.92 Å². The number of aliphatic hydroxyl groups excluding tert-OH is 1. The molecule has 1 heterocycles. The number of rotatable bonds is 16. The molecule has 226 valence electrons. The number of carbonyl (C=O) groups is 4. The number of nitrogens with two attached hydrogens (primary N) is 3. The summed E-state index contributed by atoms with van der Waals surface area (Å²) in [4.78, 5) is 57.7. The van der Waals surface area contributed by atoms with Crippen molar-refractivity contribution in [2.45, 2.75) is 76.7 Å². The zero-order valence-corrected chi connectivity index (χ0v) is 23.6. The Labute approximate surface area is 238 Å². The molecule has 5 atom stereocenters. The van der Waals surface area contributed by atoms with Crippen LogP contribution in [-0.2, 0) is 25.6 Å². The number of carboxylic acids is 1. The molecule has 0 aliphatic heterocycles. The van der Waals surface area contributed by atoms with Crippen molar-refractivity contribution in [2.75, 3.05) is 6.54 Å². The molecule has 0 bridgehead atoms. The Kier molecular flexibility index (Phi) is 12.5. The van der Waals surface area contributed by atoms with Gasteiger partial charge in [-0.1, -0.05) is 32.0 Å². The zero-order valence-electron chi connectivity index (χ0n) is 23.6. The van der Waals surface area contributed by atoms with Crippen LogP contribution in [0, 0.1) is 5.92 Å². The highest BCUT2D eigenvalue weighted by atomic mass is 16.4. The molecule has 0 aliphatic carbocycles. The van der Waals surface area contributed by atoms with Crippen LogP contribution in [0.4, 0.5) is 0 Å². The molecule has 0 saturated carbocycles. The quantitative estimate of drug-likeness (QED) is 0.0680. The van der Waals surface area contributed by atoms with Gasteiger partial charge < -0.3 is 48.3 Å². The van der Waals surface area contributed by atoms with Crippen molar-refractivity contribution >= 4 is 40.6 Å². The molecule has 0 fully saturated rings. The van der Waals surface area contributed by atoms with E-state index in [1.807, 2.05) is 38.1 Å². The van der Waals surface area contributed by atoms with Crippen LogP contribution < -0.4 is 33.2 Å². The van der Waals surface area contributed by atoms with Gasteiger partial charge in [-0.3, -0.25) is 19.4 Å². The van der Waals surface area contributed by atoms with Crippen LogP contribution in [0.25, 0.3) is 10.9 Å². The first-order valence-corrected chi connectivity index (χ1v) is 13.5. The minimum Gasteiger partial charge on any atom is -0.480 e. The van der Waals surface area contributed by atoms with E-state index >= 15 is 0 Å². The van der Waals surface area contributed by atoms with Crippen molar-refractivity contribution in [1.82, 2.24) is 20.9 Å². The van der Waals surface area contributed by atoms with Crippen molar-refractivity contribution in [3.63, 3.8) is 0 Å². The van der Waals surface area contributed by atoms with E-state index in [0.29, 0.717) is 0 Å². The molecule has 2 rings (SSSR count). The van der Waals surface area contributed by atoms with Crippen LogP contribution in [0.1, 0.15) is 45.6 Å². The van der Waals surface area contributed by atoms with E-state index in [1.54, 1.807) is 6.20 Å². The third kappa shape index (κ3) is 10.4. The second-order valence-corrected chi connectivity index (χ2v) is 10.4. The smallest absolute Gasteiger partial charge is 0.326 e. The molecule has 14 nitrogen and oxygen atoms in total. The van der Waals surface area contributed by atoms with Gasteiger partial charge in [0.25, 0.3) is 0 Å². The van der Waals surface area contributed by atoms with Gasteiger partial charge in [0.15, 0.2) is 5.96 Å². The number of carboxylic acid groups (broad SMARTS) is 1. The lowest BCUT2D eigenvalue weighted by atomic mass is 10.0. The minimum absolute atomic E-state index is 0.0126. The van der Waals surface area contributed by atoms with Crippen molar-refractivity contribution in [1.29, 1.82) is 0 Å². The highest BCUT2D eigenvalue weighted by Gasteiger charge is 2.33. The summed E-state index contributed by atoms with van der Waals surface area (Å²) >= 11 is 0. The van der Waals surface area contributed by atoms with E-state index in [9.17, 15) is 29.4 Å². The average molecular weight is 575 g/mol. The van der Waals surface area contributed by atoms with Gasteiger partial charge in [0, 0.05) is 23.6 Å². The number of aliphatic carboxylic acids is 1. The first-order chi connectivity index (χ1) is 19.3. The first kappa shape index (κ1) is 33.0. The monoisotopic (exact) mass is 574 g/mol. The highest BCUT2D eigenvalue weighted by molar-refractivity contribution is 5.94. The van der Waals surface area contributed by atoms with Crippen LogP contribution in [0.2, 0.25) is 0 Å². The normalized spacial score (nSPS) is 14.9. The van der Waals surface area contributed by atoms with Crippen molar-refractivity contribution in [3.8, 4) is 0 Å². The van der Waals surface area contributed by atoms with E-state index in [2.05, 4.69) is 25.9 Å². The fourth-order valence-corrected chi connectivity index (χ4v) is 4.29. The average Bonchev–Trinajstić information content (AvgIpc) is 3.30. The largest absolute Gasteiger partial charge is 0.480 e. The number of amides is 3. The summed E-state index contributed by atoms with van der Waals surface area (Å²) in [6.45, 7) is 5.16. The fraction of sp³-hybridized carbons (Fsp3) is 0.519. The Balaban J connectivity index is 2.07. The van der Waals surface area contributed by atoms with Crippen LogP contribution >= 0.6 is 0 Å². The summed E-state index contributed by atoms with van der Waals surface area (Å²) in [5.74, 6) is -3.62. The molecule has 0 spiro atoms. The molecule has 1 aromatic heterocycles. The highest BCUT2D eigenvalue weighted by Crippen LogP contribution is 2.19. The van der Waals surface area contributed by atoms with Gasteiger partial charge in [-0.25, -0.2) is 4.79 Å². The maximum Gasteiger partial charge on any atom is 0.326 e. The van der Waals surface area contributed by atoms with Gasteiger partial charge in [0.1, 0.15) is 18.1 Å². The number of H-pyrrole nitrogens is 1. The Morgan fingerprint density at radius 3 is 2.24 bits per heavy atom. The van der Waals surface area contributed by atoms with Crippen LogP contribution in [0.5, 0.6) is 0 Å². The molecule has 0 radical (unpaired) electrons. The molecule has 0 aliphatic rings. The molecule has 2 aromatic rings. The number of aliphatic hydroxyl groups is 1. The van der Waals surface area contributed by atoms with E-state index in [4.69, 9.17) is 17.2 Å². The zero-order chi connectivity index (χ0) is 30.7. The molecule has 14 heteroatoms. The molecular weight excluding hydrogens is 532 g/mol. The number of hydrogen-bond donors (Lipinski definition) is 9. The summed E-state index contributed by atoms with van der Waals surface area (Å²) in [7, 11) is 0. The SMILES string of the molecule is CC(C)CC(NC(=O)C(N)Cc1c[nH]c2ccccc12)C(=O)NC(C(=O)NC(CCCN=C(N)N)C(=O)O)C(C)O. The van der Waals surface area contributed by atoms with Crippen LogP contribution in [0.3, 0.4) is 0 Å². The maximum atomic E-state index is 13.2. The second kappa shape index (κ2) is 15.6. The third-order valence-electron chi connectivity index (χ3n) is 6.41. The van der Waals surface area contributed by atoms with Gasteiger partial charge in [0.2, 0.25) is 17.7 Å². The third-order valence-corrected chi connectivity index (χ3v) is 6.41. The van der Waals surface area contributed by atoms with E-state index < -0.39 is 54.0 Å². The number of benzene rings is 1. The molecule has 5 unspecified atom stereocenters.